The Morgan fingerprint density at radius 3 is 0.268 bits per heavy atom. The summed E-state index contributed by atoms with van der Waals surface area (Å²) in [4.78, 5) is 153. The summed E-state index contributed by atoms with van der Waals surface area (Å²) >= 11 is 0. The molecule has 0 unspecified atom stereocenters. The van der Waals surface area contributed by atoms with Gasteiger partial charge >= 0.3 is 473 Å². The van der Waals surface area contributed by atoms with Gasteiger partial charge in [0.2, 0.25) is 0 Å². The third kappa shape index (κ3) is 197. The molecule has 0 aliphatic heterocycles. The van der Waals surface area contributed by atoms with Crippen molar-refractivity contribution in [3.63, 3.8) is 0 Å². The molecule has 0 aliphatic carbocycles. The van der Waals surface area contributed by atoms with Gasteiger partial charge in [0.15, 0.2) is 0 Å². The van der Waals surface area contributed by atoms with Crippen molar-refractivity contribution in [1.82, 2.24) is 0 Å². The SMILES string of the molecule is NCCN.O=P([O-])([O-])CP(=O)([O-])[O-].O=P([O-])([O-])CP(=O)([O-])[O-].O=P([O-])([O-])CP(=O)([O-])[O-].O=P([O-])([O-])CP(=O)([O-])[O-].[Na+].[Na+].[Na+].[Na+].[Na+].[Na+].[Na+].[Na+].[Na+].[Na+].[Na+].[Na+].[Na+].[Na+].[Na+].[Na+]. The molecular weight excluding hydrogens is 1100 g/mol. The van der Waals surface area contributed by atoms with Crippen LogP contribution >= 0.6 is 60.8 Å². The molecule has 0 amide bonds. The van der Waals surface area contributed by atoms with E-state index >= 15 is 0 Å². The van der Waals surface area contributed by atoms with E-state index in [1.807, 2.05) is 0 Å². The third-order valence-electron chi connectivity index (χ3n) is 1.55. The molecule has 0 fully saturated rings. The average Bonchev–Trinajstić information content (AvgIpc) is 2.41. The molecule has 0 rings (SSSR count). The number of hydrogen-bond donors (Lipinski definition) is 2. The van der Waals surface area contributed by atoms with Crippen molar-refractivity contribution in [2.45, 2.75) is 0 Å². The molecule has 4 N–H and O–H groups in total. The van der Waals surface area contributed by atoms with E-state index in [9.17, 15) is 115 Å². The van der Waals surface area contributed by atoms with Crippen molar-refractivity contribution in [3.8, 4) is 0 Å². The Balaban J connectivity index is -0.0000000136. The van der Waals surface area contributed by atoms with Crippen molar-refractivity contribution < 1.29 is 588 Å². The van der Waals surface area contributed by atoms with Gasteiger partial charge in [0.25, 0.3) is 0 Å². The van der Waals surface area contributed by atoms with Gasteiger partial charge in [-0.1, -0.05) is 60.8 Å². The zero-order chi connectivity index (χ0) is 34.2. The van der Waals surface area contributed by atoms with Crippen molar-refractivity contribution in [1.29, 1.82) is 0 Å². The zero-order valence-electron chi connectivity index (χ0n) is 34.8. The molecule has 56 heavy (non-hydrogen) atoms. The molecule has 50 heteroatoms. The van der Waals surface area contributed by atoms with Crippen LogP contribution < -0.4 is 563 Å². The standard InChI is InChI=1S/C2H8N2.4CH6O6P2.16Na/c3-1-2-4;4*2-8(3,4)1-9(5,6)7;;;;;;;;;;;;;;;;/h1-4H2;4*1H2,(H2,2,3,4)(H2,5,6,7);;;;;;;;;;;;;;;;/q;;;;;16*+1/p-16. The van der Waals surface area contributed by atoms with E-state index in [2.05, 4.69) is 0 Å². The summed E-state index contributed by atoms with van der Waals surface area (Å²) in [6.07, 6.45) is 0. The summed E-state index contributed by atoms with van der Waals surface area (Å²) in [7, 11) is -41.4. The maximum Gasteiger partial charge on any atom is 1.00 e. The number of hydrogen-bond acceptors (Lipinski definition) is 26. The van der Waals surface area contributed by atoms with Gasteiger partial charge in [-0.3, -0.25) is 0 Å². The predicted molar refractivity (Wildman–Crippen MR) is 98.4 cm³/mol. The van der Waals surface area contributed by atoms with Gasteiger partial charge < -0.3 is 126 Å². The van der Waals surface area contributed by atoms with E-state index in [0.717, 1.165) is 0 Å². The van der Waals surface area contributed by atoms with Gasteiger partial charge in [-0.05, 0) is 0 Å². The van der Waals surface area contributed by atoms with Crippen molar-refractivity contribution >= 4 is 60.8 Å². The van der Waals surface area contributed by atoms with Crippen LogP contribution in [0.3, 0.4) is 0 Å². The molecule has 0 aromatic carbocycles. The second-order valence-electron chi connectivity index (χ2n) is 6.03. The summed E-state index contributed by atoms with van der Waals surface area (Å²) in [6, 6.07) is 0. The van der Waals surface area contributed by atoms with Gasteiger partial charge in [-0.15, -0.1) is 0 Å². The van der Waals surface area contributed by atoms with E-state index in [1.165, 1.54) is 0 Å². The van der Waals surface area contributed by atoms with E-state index in [4.69, 9.17) is 11.5 Å². The van der Waals surface area contributed by atoms with Crippen LogP contribution in [0.2, 0.25) is 0 Å². The molecule has 0 radical (unpaired) electrons. The monoisotopic (exact) mass is 1120 g/mol. The Morgan fingerprint density at radius 2 is 0.268 bits per heavy atom. The topological polar surface area (TPSA) is 558 Å². The maximum atomic E-state index is 9.55. The quantitative estimate of drug-likeness (QED) is 0.160. The Bertz CT molecular complexity index is 869. The van der Waals surface area contributed by atoms with E-state index in [0.29, 0.717) is 13.1 Å². The van der Waals surface area contributed by atoms with Crippen LogP contribution in [-0.4, -0.2) is 36.7 Å². The summed E-state index contributed by atoms with van der Waals surface area (Å²) < 4.78 is 76.4. The van der Waals surface area contributed by atoms with Crippen molar-refractivity contribution in [3.05, 3.63) is 0 Å². The Labute approximate surface area is 678 Å². The second kappa shape index (κ2) is 72.1. The smallest absolute Gasteiger partial charge is 0.810 e. The average molecular weight is 1120 g/mol. The number of rotatable bonds is 9. The molecule has 0 spiro atoms. The fraction of sp³-hybridized carbons (Fsp3) is 1.00. The summed E-state index contributed by atoms with van der Waals surface area (Å²) in [5.74, 6) is -7.28. The minimum absolute atomic E-state index is 0. The van der Waals surface area contributed by atoms with E-state index in [1.54, 1.807) is 0 Å². The predicted octanol–water partition coefficient (Wildman–Crippen LogP) is -61.9. The molecule has 0 bridgehead atoms. The van der Waals surface area contributed by atoms with Crippen LogP contribution in [0.25, 0.3) is 0 Å². The Hall–Kier alpha value is 17.1. The summed E-state index contributed by atoms with van der Waals surface area (Å²) in [5, 5.41) is 0. The third-order valence-corrected chi connectivity index (χ3v) is 12.6. The molecule has 0 aromatic heterocycles. The number of nitrogens with two attached hydrogens (primary N) is 2. The molecule has 26 nitrogen and oxygen atoms in total. The van der Waals surface area contributed by atoms with Gasteiger partial charge in [0, 0.05) is 36.7 Å². The molecule has 250 valence electrons. The minimum atomic E-state index is -5.18. The van der Waals surface area contributed by atoms with Crippen LogP contribution in [0.15, 0.2) is 0 Å². The van der Waals surface area contributed by atoms with Crippen LogP contribution in [0.1, 0.15) is 0 Å². The molecular formula is C6H16N2Na16O24P8. The van der Waals surface area contributed by atoms with Crippen LogP contribution in [0.5, 0.6) is 0 Å². The molecule has 0 aromatic rings. The molecule has 0 aliphatic rings. The minimum Gasteiger partial charge on any atom is -0.810 e. The first kappa shape index (κ1) is 140. The fourth-order valence-electron chi connectivity index (χ4n) is 0.849. The van der Waals surface area contributed by atoms with Crippen molar-refractivity contribution in [2.24, 2.45) is 11.5 Å². The molecule has 0 saturated carbocycles. The maximum absolute atomic E-state index is 9.55. The summed E-state index contributed by atoms with van der Waals surface area (Å²) in [5.41, 5.74) is 9.81. The largest absolute Gasteiger partial charge is 1.00 e. The fourth-order valence-corrected chi connectivity index (χ4v) is 7.64. The molecule has 0 saturated heterocycles. The molecule has 0 heterocycles. The normalized spacial score (nSPS) is 9.39. The van der Waals surface area contributed by atoms with Gasteiger partial charge in [0.1, 0.15) is 0 Å². The molecule has 0 atom stereocenters. The first-order valence-corrected chi connectivity index (χ1v) is 22.1. The first-order valence-electron chi connectivity index (χ1n) is 8.23. The Morgan fingerprint density at radius 1 is 0.214 bits per heavy atom. The van der Waals surface area contributed by atoms with E-state index < -0.39 is 84.4 Å². The van der Waals surface area contributed by atoms with Gasteiger partial charge in [0.05, 0.1) is 0 Å². The zero-order valence-corrected chi connectivity index (χ0v) is 73.9. The van der Waals surface area contributed by atoms with Crippen LogP contribution in [0.4, 0.5) is 0 Å². The summed E-state index contributed by atoms with van der Waals surface area (Å²) in [6.45, 7) is 1.19. The van der Waals surface area contributed by atoms with Crippen LogP contribution in [-0.2, 0) is 36.5 Å². The second-order valence-corrected chi connectivity index (χ2v) is 20.3. The van der Waals surface area contributed by atoms with E-state index in [-0.39, 0.29) is 473 Å². The van der Waals surface area contributed by atoms with Gasteiger partial charge in [-0.25, -0.2) is 0 Å². The Kier molecular flexibility index (Phi) is 180. The van der Waals surface area contributed by atoms with Crippen LogP contribution in [0, 0.1) is 0 Å². The first-order chi connectivity index (χ1) is 16.7. The van der Waals surface area contributed by atoms with Gasteiger partial charge in [-0.2, -0.15) is 0 Å². The van der Waals surface area contributed by atoms with Crippen molar-refractivity contribution in [2.75, 3.05) is 36.7 Å².